The number of carbonyl (C=O) groups excluding carboxylic acids is 2. The molecule has 1 aromatic heterocycles. The highest BCUT2D eigenvalue weighted by molar-refractivity contribution is 6.33. The number of carbonyl (C=O) groups is 2. The number of amides is 2. The van der Waals surface area contributed by atoms with Crippen molar-refractivity contribution >= 4 is 29.1 Å². The van der Waals surface area contributed by atoms with Gasteiger partial charge in [-0.3, -0.25) is 4.79 Å². The van der Waals surface area contributed by atoms with Crippen LogP contribution in [-0.4, -0.2) is 51.7 Å². The van der Waals surface area contributed by atoms with E-state index < -0.39 is 34.6 Å². The van der Waals surface area contributed by atoms with Crippen LogP contribution in [0.4, 0.5) is 23.7 Å². The average molecular weight is 777 g/mol. The average Bonchev–Trinajstić information content (AvgIpc) is 3.73. The summed E-state index contributed by atoms with van der Waals surface area (Å²) < 4.78 is 46.7. The van der Waals surface area contributed by atoms with E-state index in [0.29, 0.717) is 74.7 Å². The number of alkyl halides is 3. The van der Waals surface area contributed by atoms with Gasteiger partial charge < -0.3 is 24.8 Å². The number of aliphatic hydroxyl groups is 2. The smallest absolute Gasteiger partial charge is 0.416 e. The van der Waals surface area contributed by atoms with Crippen LogP contribution in [0.5, 0.6) is 0 Å². The summed E-state index contributed by atoms with van der Waals surface area (Å²) in [5, 5.41) is 26.8. The molecule has 3 N–H and O–H groups in total. The van der Waals surface area contributed by atoms with Gasteiger partial charge in [-0.25, -0.2) is 4.79 Å². The van der Waals surface area contributed by atoms with Crippen LogP contribution in [0.15, 0.2) is 94.9 Å². The molecule has 0 aliphatic heterocycles. The van der Waals surface area contributed by atoms with Gasteiger partial charge in [0.15, 0.2) is 5.76 Å². The maximum absolute atomic E-state index is 14.6. The Bertz CT molecular complexity index is 2050. The largest absolute Gasteiger partial charge is 0.453 e. The number of para-hydroxylation sites is 1. The molecule has 0 unspecified atom stereocenters. The van der Waals surface area contributed by atoms with Gasteiger partial charge in [-0.15, -0.1) is 0 Å². The number of nitrogens with zero attached hydrogens (tertiary/aromatic N) is 1. The number of benzene rings is 3. The lowest BCUT2D eigenvalue weighted by molar-refractivity contribution is -0.137. The molecule has 4 aromatic rings. The molecule has 2 bridgehead atoms. The SMILES string of the molecule is CCCN(C[C@]1(O)CC[C@H]2c3ccc(cc3C(=O)c3ccc(-c4cc(C(F)(F)F)ccc4Cl)o3)C[C@@H](O)CCC(C)=CCC[C@@]21C)C(=O)Nc1ccccc1. The second kappa shape index (κ2) is 16.4. The minimum Gasteiger partial charge on any atom is -0.453 e. The normalized spacial score (nSPS) is 23.1. The molecule has 4 atom stereocenters. The number of ketones is 1. The highest BCUT2D eigenvalue weighted by Crippen LogP contribution is 2.59. The van der Waals surface area contributed by atoms with Crippen molar-refractivity contribution in [3.8, 4) is 11.3 Å². The maximum Gasteiger partial charge on any atom is 0.416 e. The summed E-state index contributed by atoms with van der Waals surface area (Å²) in [6.45, 7) is 6.59. The third-order valence-corrected chi connectivity index (χ3v) is 11.9. The first-order valence-corrected chi connectivity index (χ1v) is 19.3. The number of fused-ring (bicyclic) bond motifs is 8. The highest BCUT2D eigenvalue weighted by Gasteiger charge is 2.57. The van der Waals surface area contributed by atoms with Crippen LogP contribution in [0.2, 0.25) is 5.02 Å². The molecule has 0 saturated heterocycles. The van der Waals surface area contributed by atoms with Crippen LogP contribution >= 0.6 is 11.6 Å². The fraction of sp³-hybridized carbons (Fsp3) is 0.409. The molecule has 1 heterocycles. The van der Waals surface area contributed by atoms with E-state index in [0.717, 1.165) is 29.3 Å². The summed E-state index contributed by atoms with van der Waals surface area (Å²) in [7, 11) is 0. The lowest BCUT2D eigenvalue weighted by atomic mass is 9.64. The Labute approximate surface area is 325 Å². The van der Waals surface area contributed by atoms with Crippen molar-refractivity contribution in [3.05, 3.63) is 124 Å². The second-order valence-corrected chi connectivity index (χ2v) is 15.8. The van der Waals surface area contributed by atoms with E-state index in [9.17, 15) is 33.0 Å². The standard InChI is InChI=1S/C44H48ClF3N2O5/c1-4-23-50(41(53)49-31-10-6-5-7-11-31)27-43(54)22-20-36-33-16-13-29(24-32(51)15-12-28(2)9-8-21-42(36,43)3)25-34(33)40(52)39-19-18-38(55-39)35-26-30(44(46,47)48)14-17-37(35)45/h5-7,9-11,13-14,16-19,25-26,32,36,51,54H,4,8,12,15,20-24,27H2,1-3H3,(H,49,53)/t32-,36-,42-,43+/m0/s1. The van der Waals surface area contributed by atoms with Gasteiger partial charge in [0, 0.05) is 28.8 Å². The van der Waals surface area contributed by atoms with Gasteiger partial charge in [-0.2, -0.15) is 13.2 Å². The Kier molecular flexibility index (Phi) is 12.0. The van der Waals surface area contributed by atoms with Crippen molar-refractivity contribution in [2.75, 3.05) is 18.4 Å². The third-order valence-electron chi connectivity index (χ3n) is 11.6. The number of allylic oxidation sites excluding steroid dienone is 2. The fourth-order valence-corrected chi connectivity index (χ4v) is 8.60. The molecule has 3 aliphatic carbocycles. The summed E-state index contributed by atoms with van der Waals surface area (Å²) >= 11 is 6.32. The van der Waals surface area contributed by atoms with Crippen LogP contribution in [0, 0.1) is 5.41 Å². The molecule has 2 amide bonds. The van der Waals surface area contributed by atoms with E-state index in [4.69, 9.17) is 16.0 Å². The zero-order valence-corrected chi connectivity index (χ0v) is 32.1. The number of halogens is 4. The molecular formula is C44H48ClF3N2O5. The third kappa shape index (κ3) is 8.72. The van der Waals surface area contributed by atoms with Crippen molar-refractivity contribution in [1.82, 2.24) is 4.90 Å². The summed E-state index contributed by atoms with van der Waals surface area (Å²) in [5.74, 6) is -0.859. The Morgan fingerprint density at radius 2 is 1.78 bits per heavy atom. The first-order valence-electron chi connectivity index (χ1n) is 18.9. The molecule has 7 rings (SSSR count). The minimum atomic E-state index is -4.60. The number of aliphatic hydroxyl groups excluding tert-OH is 1. The molecule has 0 radical (unpaired) electrons. The van der Waals surface area contributed by atoms with E-state index in [1.807, 2.05) is 63.2 Å². The Morgan fingerprint density at radius 1 is 1.02 bits per heavy atom. The zero-order chi connectivity index (χ0) is 39.5. The van der Waals surface area contributed by atoms with Crippen molar-refractivity contribution in [3.63, 3.8) is 0 Å². The highest BCUT2D eigenvalue weighted by atomic mass is 35.5. The van der Waals surface area contributed by atoms with Gasteiger partial charge >= 0.3 is 12.2 Å². The Morgan fingerprint density at radius 3 is 2.51 bits per heavy atom. The van der Waals surface area contributed by atoms with Crippen molar-refractivity contribution in [2.45, 2.75) is 95.9 Å². The lowest BCUT2D eigenvalue weighted by Crippen LogP contribution is -2.54. The molecule has 7 nitrogen and oxygen atoms in total. The van der Waals surface area contributed by atoms with Gasteiger partial charge in [0.1, 0.15) is 5.76 Å². The number of anilines is 1. The molecule has 55 heavy (non-hydrogen) atoms. The molecule has 1 saturated carbocycles. The fourth-order valence-electron chi connectivity index (χ4n) is 8.39. The first-order chi connectivity index (χ1) is 26.1. The predicted molar refractivity (Wildman–Crippen MR) is 208 cm³/mol. The topological polar surface area (TPSA) is 103 Å². The Hall–Kier alpha value is -4.38. The maximum atomic E-state index is 14.6. The van der Waals surface area contributed by atoms with Crippen LogP contribution in [0.3, 0.4) is 0 Å². The Balaban J connectivity index is 1.40. The van der Waals surface area contributed by atoms with Crippen LogP contribution in [-0.2, 0) is 12.6 Å². The monoisotopic (exact) mass is 776 g/mol. The predicted octanol–water partition coefficient (Wildman–Crippen LogP) is 10.8. The van der Waals surface area contributed by atoms with Gasteiger partial charge in [-0.1, -0.05) is 67.4 Å². The van der Waals surface area contributed by atoms with Crippen molar-refractivity contribution in [1.29, 1.82) is 0 Å². The number of hydrogen-bond donors (Lipinski definition) is 3. The second-order valence-electron chi connectivity index (χ2n) is 15.4. The van der Waals surface area contributed by atoms with Gasteiger partial charge in [0.2, 0.25) is 5.78 Å². The van der Waals surface area contributed by atoms with E-state index in [1.54, 1.807) is 11.0 Å². The zero-order valence-electron chi connectivity index (χ0n) is 31.4. The van der Waals surface area contributed by atoms with Crippen molar-refractivity contribution in [2.24, 2.45) is 5.41 Å². The van der Waals surface area contributed by atoms with E-state index >= 15 is 0 Å². The quantitative estimate of drug-likeness (QED) is 0.122. The number of furan rings is 1. The molecule has 0 spiro atoms. The van der Waals surface area contributed by atoms with E-state index in [1.165, 1.54) is 12.1 Å². The number of hydrogen-bond acceptors (Lipinski definition) is 5. The molecule has 11 heteroatoms. The summed E-state index contributed by atoms with van der Waals surface area (Å²) in [4.78, 5) is 29.9. The molecule has 3 aliphatic rings. The number of nitrogens with one attached hydrogen (secondary N) is 1. The summed E-state index contributed by atoms with van der Waals surface area (Å²) in [5.41, 5.74) is 0.551. The summed E-state index contributed by atoms with van der Waals surface area (Å²) in [6, 6.07) is 20.3. The van der Waals surface area contributed by atoms with Crippen LogP contribution < -0.4 is 5.32 Å². The molecule has 292 valence electrons. The molecule has 3 aromatic carbocycles. The van der Waals surface area contributed by atoms with E-state index in [2.05, 4.69) is 11.4 Å². The van der Waals surface area contributed by atoms with Crippen molar-refractivity contribution < 1.29 is 37.4 Å². The summed E-state index contributed by atoms with van der Waals surface area (Å²) in [6.07, 6.45) is 1.22. The van der Waals surface area contributed by atoms with Gasteiger partial charge in [0.25, 0.3) is 0 Å². The van der Waals surface area contributed by atoms with Crippen LogP contribution in [0.1, 0.15) is 104 Å². The number of urea groups is 1. The van der Waals surface area contributed by atoms with Gasteiger partial charge in [0.05, 0.1) is 28.8 Å². The lowest BCUT2D eigenvalue weighted by Gasteiger charge is -2.46. The first kappa shape index (κ1) is 40.3. The minimum absolute atomic E-state index is 0.00631. The van der Waals surface area contributed by atoms with Crippen LogP contribution in [0.25, 0.3) is 11.3 Å². The number of rotatable bonds is 8. The van der Waals surface area contributed by atoms with E-state index in [-0.39, 0.29) is 40.6 Å². The van der Waals surface area contributed by atoms with Gasteiger partial charge in [-0.05, 0) is 124 Å². The molecular weight excluding hydrogens is 729 g/mol. The molecule has 1 fully saturated rings.